The Bertz CT molecular complexity index is 456. The third kappa shape index (κ3) is 5.09. The van der Waals surface area contributed by atoms with Crippen LogP contribution in [0, 0.1) is 0 Å². The zero-order valence-corrected chi connectivity index (χ0v) is 13.4. The fourth-order valence-electron chi connectivity index (χ4n) is 2.53. The van der Waals surface area contributed by atoms with E-state index in [0.29, 0.717) is 19.6 Å². The molecule has 1 N–H and O–H groups in total. The average molecular weight is 306 g/mol. The maximum Gasteiger partial charge on any atom is 0.248 e. The van der Waals surface area contributed by atoms with Crippen molar-refractivity contribution in [3.63, 3.8) is 0 Å². The summed E-state index contributed by atoms with van der Waals surface area (Å²) in [6.07, 6.45) is -0.404. The molecular weight excluding hydrogens is 280 g/mol. The lowest BCUT2D eigenvalue weighted by Gasteiger charge is -2.35. The molecule has 0 aliphatic carbocycles. The van der Waals surface area contributed by atoms with E-state index in [1.54, 1.807) is 0 Å². The van der Waals surface area contributed by atoms with E-state index in [-0.39, 0.29) is 18.6 Å². The molecule has 1 heterocycles. The molecule has 1 fully saturated rings. The van der Waals surface area contributed by atoms with Crippen LogP contribution in [-0.4, -0.2) is 66.2 Å². The normalized spacial score (nSPS) is 17.7. The summed E-state index contributed by atoms with van der Waals surface area (Å²) in [6, 6.07) is 9.69. The van der Waals surface area contributed by atoms with E-state index in [1.807, 2.05) is 49.1 Å². The Morgan fingerprint density at radius 2 is 1.82 bits per heavy atom. The fraction of sp³-hybridized carbons (Fsp3) is 0.588. The maximum atomic E-state index is 12.0. The van der Waals surface area contributed by atoms with E-state index in [2.05, 4.69) is 4.90 Å². The van der Waals surface area contributed by atoms with Crippen molar-refractivity contribution in [2.45, 2.75) is 26.1 Å². The highest BCUT2D eigenvalue weighted by molar-refractivity contribution is 5.77. The van der Waals surface area contributed by atoms with Crippen LogP contribution in [0.5, 0.6) is 0 Å². The molecule has 1 amide bonds. The van der Waals surface area contributed by atoms with Gasteiger partial charge in [0, 0.05) is 32.7 Å². The smallest absolute Gasteiger partial charge is 0.248 e. The van der Waals surface area contributed by atoms with Crippen LogP contribution in [0.4, 0.5) is 0 Å². The van der Waals surface area contributed by atoms with Gasteiger partial charge in [-0.15, -0.1) is 0 Å². The number of hydrogen-bond donors (Lipinski definition) is 1. The van der Waals surface area contributed by atoms with Crippen LogP contribution in [0.15, 0.2) is 30.3 Å². The van der Waals surface area contributed by atoms with Crippen molar-refractivity contribution in [1.29, 1.82) is 0 Å². The number of benzene rings is 1. The first-order chi connectivity index (χ1) is 10.6. The molecule has 0 spiro atoms. The van der Waals surface area contributed by atoms with Gasteiger partial charge in [-0.25, -0.2) is 0 Å². The molecular formula is C17H26N2O3. The summed E-state index contributed by atoms with van der Waals surface area (Å²) in [5.41, 5.74) is 0.936. The van der Waals surface area contributed by atoms with Gasteiger partial charge in [-0.1, -0.05) is 30.3 Å². The van der Waals surface area contributed by atoms with Crippen LogP contribution in [0.2, 0.25) is 0 Å². The first kappa shape index (κ1) is 16.9. The summed E-state index contributed by atoms with van der Waals surface area (Å²) >= 11 is 0. The molecule has 22 heavy (non-hydrogen) atoms. The molecule has 1 atom stereocenters. The van der Waals surface area contributed by atoms with E-state index in [4.69, 9.17) is 4.74 Å². The Morgan fingerprint density at radius 1 is 1.18 bits per heavy atom. The van der Waals surface area contributed by atoms with Crippen LogP contribution in [0.1, 0.15) is 25.5 Å². The van der Waals surface area contributed by atoms with Gasteiger partial charge in [0.1, 0.15) is 6.61 Å². The molecule has 0 bridgehead atoms. The lowest BCUT2D eigenvalue weighted by molar-refractivity contribution is -0.139. The van der Waals surface area contributed by atoms with Crippen LogP contribution < -0.4 is 0 Å². The number of aliphatic hydroxyl groups excluding tert-OH is 1. The Morgan fingerprint density at radius 3 is 2.41 bits per heavy atom. The van der Waals surface area contributed by atoms with Gasteiger partial charge >= 0.3 is 0 Å². The highest BCUT2D eigenvalue weighted by atomic mass is 16.5. The van der Waals surface area contributed by atoms with Crippen molar-refractivity contribution >= 4 is 5.91 Å². The summed E-state index contributed by atoms with van der Waals surface area (Å²) in [5, 5.41) is 10.3. The number of hydrogen-bond acceptors (Lipinski definition) is 4. The molecule has 122 valence electrons. The molecule has 2 rings (SSSR count). The molecule has 0 saturated carbocycles. The summed E-state index contributed by atoms with van der Waals surface area (Å²) in [5.74, 6) is 0.0527. The Kier molecular flexibility index (Phi) is 6.36. The highest BCUT2D eigenvalue weighted by Gasteiger charge is 2.23. The molecule has 5 heteroatoms. The lowest BCUT2D eigenvalue weighted by atomic mass is 10.1. The molecule has 0 radical (unpaired) electrons. The predicted molar refractivity (Wildman–Crippen MR) is 85.5 cm³/mol. The molecule has 0 aromatic heterocycles. The van der Waals surface area contributed by atoms with E-state index >= 15 is 0 Å². The molecule has 1 aromatic carbocycles. The van der Waals surface area contributed by atoms with E-state index in [1.165, 1.54) is 0 Å². The number of aliphatic hydroxyl groups is 1. The summed E-state index contributed by atoms with van der Waals surface area (Å²) in [7, 11) is 0. The van der Waals surface area contributed by atoms with Gasteiger partial charge in [-0.2, -0.15) is 0 Å². The number of carbonyl (C=O) groups excluding carboxylic acids is 1. The van der Waals surface area contributed by atoms with Gasteiger partial charge in [0.05, 0.1) is 12.2 Å². The van der Waals surface area contributed by atoms with Gasteiger partial charge in [-0.3, -0.25) is 9.69 Å². The van der Waals surface area contributed by atoms with Crippen LogP contribution >= 0.6 is 0 Å². The largest absolute Gasteiger partial charge is 0.387 e. The SMILES string of the molecule is CC(C)OCC(=O)N1CCN(C[C@H](O)c2ccccc2)CC1. The first-order valence-electron chi connectivity index (χ1n) is 7.91. The van der Waals surface area contributed by atoms with Gasteiger partial charge in [0.15, 0.2) is 0 Å². The van der Waals surface area contributed by atoms with Crippen molar-refractivity contribution in [2.24, 2.45) is 0 Å². The number of nitrogens with zero attached hydrogens (tertiary/aromatic N) is 2. The van der Waals surface area contributed by atoms with E-state index in [0.717, 1.165) is 18.7 Å². The number of amides is 1. The number of β-amino-alcohol motifs (C(OH)–C–C–N with tert-alkyl or cyclic N) is 1. The minimum absolute atomic E-state index is 0.0527. The number of piperazine rings is 1. The summed E-state index contributed by atoms with van der Waals surface area (Å²) in [6.45, 7) is 7.59. The summed E-state index contributed by atoms with van der Waals surface area (Å²) in [4.78, 5) is 16.0. The van der Waals surface area contributed by atoms with Crippen molar-refractivity contribution in [1.82, 2.24) is 9.80 Å². The maximum absolute atomic E-state index is 12.0. The summed E-state index contributed by atoms with van der Waals surface area (Å²) < 4.78 is 5.36. The highest BCUT2D eigenvalue weighted by Crippen LogP contribution is 2.15. The molecule has 1 saturated heterocycles. The van der Waals surface area contributed by atoms with Crippen molar-refractivity contribution in [3.8, 4) is 0 Å². The Balaban J connectivity index is 1.74. The van der Waals surface area contributed by atoms with Gasteiger partial charge < -0.3 is 14.7 Å². The quantitative estimate of drug-likeness (QED) is 0.860. The molecule has 1 aliphatic heterocycles. The monoisotopic (exact) mass is 306 g/mol. The first-order valence-corrected chi connectivity index (χ1v) is 7.91. The van der Waals surface area contributed by atoms with Crippen LogP contribution in [0.25, 0.3) is 0 Å². The second kappa shape index (κ2) is 8.27. The second-order valence-electron chi connectivity index (χ2n) is 5.97. The molecule has 1 aromatic rings. The second-order valence-corrected chi connectivity index (χ2v) is 5.97. The third-order valence-corrected chi connectivity index (χ3v) is 3.88. The predicted octanol–water partition coefficient (Wildman–Crippen LogP) is 1.29. The molecule has 1 aliphatic rings. The lowest BCUT2D eigenvalue weighted by Crippen LogP contribution is -2.50. The minimum Gasteiger partial charge on any atom is -0.387 e. The Labute approximate surface area is 132 Å². The van der Waals surface area contributed by atoms with Gasteiger partial charge in [0.25, 0.3) is 0 Å². The topological polar surface area (TPSA) is 53.0 Å². The number of ether oxygens (including phenoxy) is 1. The fourth-order valence-corrected chi connectivity index (χ4v) is 2.53. The third-order valence-electron chi connectivity index (χ3n) is 3.88. The molecule has 0 unspecified atom stereocenters. The van der Waals surface area contributed by atoms with E-state index in [9.17, 15) is 9.90 Å². The minimum atomic E-state index is -0.479. The van der Waals surface area contributed by atoms with Crippen molar-refractivity contribution in [3.05, 3.63) is 35.9 Å². The average Bonchev–Trinajstić information content (AvgIpc) is 2.54. The Hall–Kier alpha value is -1.43. The van der Waals surface area contributed by atoms with E-state index < -0.39 is 6.10 Å². The molecule has 5 nitrogen and oxygen atoms in total. The standard InChI is InChI=1S/C17H26N2O3/c1-14(2)22-13-17(21)19-10-8-18(9-11-19)12-16(20)15-6-4-3-5-7-15/h3-7,14,16,20H,8-13H2,1-2H3/t16-/m0/s1. The van der Waals surface area contributed by atoms with Crippen molar-refractivity contribution in [2.75, 3.05) is 39.3 Å². The zero-order chi connectivity index (χ0) is 15.9. The number of rotatable bonds is 6. The van der Waals surface area contributed by atoms with Crippen molar-refractivity contribution < 1.29 is 14.6 Å². The van der Waals surface area contributed by atoms with Crippen LogP contribution in [0.3, 0.4) is 0 Å². The van der Waals surface area contributed by atoms with Crippen LogP contribution in [-0.2, 0) is 9.53 Å². The van der Waals surface area contributed by atoms with Gasteiger partial charge in [-0.05, 0) is 19.4 Å². The zero-order valence-electron chi connectivity index (χ0n) is 13.4. The number of carbonyl (C=O) groups is 1. The van der Waals surface area contributed by atoms with Gasteiger partial charge in [0.2, 0.25) is 5.91 Å².